The van der Waals surface area contributed by atoms with Crippen molar-refractivity contribution in [3.8, 4) is 5.75 Å². The first-order valence-electron chi connectivity index (χ1n) is 11.2. The highest BCUT2D eigenvalue weighted by Crippen LogP contribution is 2.40. The third-order valence-electron chi connectivity index (χ3n) is 6.21. The van der Waals surface area contributed by atoms with Gasteiger partial charge >= 0.3 is 0 Å². The van der Waals surface area contributed by atoms with Crippen molar-refractivity contribution < 1.29 is 19.4 Å². The van der Waals surface area contributed by atoms with E-state index in [2.05, 4.69) is 0 Å². The average molecular weight is 435 g/mol. The van der Waals surface area contributed by atoms with Gasteiger partial charge in [0.05, 0.1) is 17.9 Å². The number of carbonyl (C=O) groups is 2. The molecule has 0 bridgehead atoms. The van der Waals surface area contributed by atoms with Crippen molar-refractivity contribution >= 4 is 23.1 Å². The number of hydrogen-bond acceptors (Lipinski definition) is 5. The first kappa shape index (κ1) is 22.1. The Morgan fingerprint density at radius 1 is 1.09 bits per heavy atom. The van der Waals surface area contributed by atoms with E-state index < -0.39 is 0 Å². The summed E-state index contributed by atoms with van der Waals surface area (Å²) in [6, 6.07) is 13.1. The number of nitrogens with zero attached hydrogens (tertiary/aromatic N) is 2. The Hall–Kier alpha value is -3.12. The number of aliphatic hydroxyl groups is 1. The molecule has 6 nitrogen and oxygen atoms in total. The van der Waals surface area contributed by atoms with Gasteiger partial charge < -0.3 is 14.7 Å². The Labute approximate surface area is 189 Å². The molecule has 0 radical (unpaired) electrons. The van der Waals surface area contributed by atoms with Gasteiger partial charge in [-0.15, -0.1) is 0 Å². The van der Waals surface area contributed by atoms with E-state index in [9.17, 15) is 14.7 Å². The van der Waals surface area contributed by atoms with Crippen LogP contribution in [0.5, 0.6) is 5.75 Å². The van der Waals surface area contributed by atoms with E-state index in [1.807, 2.05) is 49.9 Å². The van der Waals surface area contributed by atoms with Gasteiger partial charge in [0.1, 0.15) is 11.4 Å². The van der Waals surface area contributed by atoms with Gasteiger partial charge in [-0.05, 0) is 62.8 Å². The summed E-state index contributed by atoms with van der Waals surface area (Å²) < 4.78 is 5.73. The van der Waals surface area contributed by atoms with Crippen LogP contribution in [0, 0.1) is 19.8 Å². The molecule has 0 saturated carbocycles. The number of imide groups is 1. The molecule has 1 unspecified atom stereocenters. The smallest absolute Gasteiger partial charge is 0.282 e. The number of ether oxygens (including phenoxy) is 1. The van der Waals surface area contributed by atoms with Crippen molar-refractivity contribution in [2.75, 3.05) is 31.2 Å². The first-order valence-corrected chi connectivity index (χ1v) is 11.2. The minimum Gasteiger partial charge on any atom is -0.492 e. The summed E-state index contributed by atoms with van der Waals surface area (Å²) in [6.45, 7) is 7.59. The highest BCUT2D eigenvalue weighted by atomic mass is 16.5. The molecule has 2 aromatic carbocycles. The molecule has 2 aliphatic heterocycles. The molecule has 0 aromatic heterocycles. The van der Waals surface area contributed by atoms with Crippen LogP contribution in [-0.2, 0) is 9.59 Å². The van der Waals surface area contributed by atoms with Crippen LogP contribution < -0.4 is 9.64 Å². The number of carbonyl (C=O) groups excluding carboxylic acids is 2. The zero-order chi connectivity index (χ0) is 22.8. The summed E-state index contributed by atoms with van der Waals surface area (Å²) in [7, 11) is 0. The third kappa shape index (κ3) is 3.91. The largest absolute Gasteiger partial charge is 0.492 e. The molecule has 6 heteroatoms. The zero-order valence-corrected chi connectivity index (χ0v) is 18.9. The van der Waals surface area contributed by atoms with Crippen molar-refractivity contribution in [3.63, 3.8) is 0 Å². The molecule has 2 amide bonds. The first-order chi connectivity index (χ1) is 15.5. The number of para-hydroxylation sites is 2. The van der Waals surface area contributed by atoms with Gasteiger partial charge in [0.15, 0.2) is 0 Å². The second-order valence-corrected chi connectivity index (χ2v) is 8.53. The number of benzene rings is 2. The molecule has 1 atom stereocenters. The van der Waals surface area contributed by atoms with Gasteiger partial charge in [-0.3, -0.25) is 9.59 Å². The molecule has 2 aromatic rings. The maximum atomic E-state index is 13.8. The predicted octanol–water partition coefficient (Wildman–Crippen LogP) is 3.69. The van der Waals surface area contributed by atoms with E-state index in [1.165, 1.54) is 4.90 Å². The van der Waals surface area contributed by atoms with E-state index in [1.54, 1.807) is 18.2 Å². The van der Waals surface area contributed by atoms with Crippen LogP contribution in [0.3, 0.4) is 0 Å². The van der Waals surface area contributed by atoms with Gasteiger partial charge in [-0.1, -0.05) is 35.9 Å². The molecule has 168 valence electrons. The number of rotatable bonds is 6. The SMILES string of the molecule is CCOc1ccccc1N1C(=O)C(c2ccc(C)cc2C)=C(N2CCCC(CO)C2)C1=O. The minimum atomic E-state index is -0.338. The van der Waals surface area contributed by atoms with Crippen LogP contribution in [0.4, 0.5) is 5.69 Å². The van der Waals surface area contributed by atoms with Crippen molar-refractivity contribution in [2.24, 2.45) is 5.92 Å². The standard InChI is InChI=1S/C26H30N2O4/c1-4-32-22-10-6-5-9-21(22)28-25(30)23(20-12-11-17(2)14-18(20)3)24(26(28)31)27-13-7-8-19(15-27)16-29/h5-6,9-12,14,19,29H,4,7-8,13,15-16H2,1-3H3. The lowest BCUT2D eigenvalue weighted by atomic mass is 9.95. The monoisotopic (exact) mass is 434 g/mol. The van der Waals surface area contributed by atoms with Crippen LogP contribution in [0.2, 0.25) is 0 Å². The summed E-state index contributed by atoms with van der Waals surface area (Å²) in [5.74, 6) is -0.0833. The lowest BCUT2D eigenvalue weighted by Crippen LogP contribution is -2.40. The van der Waals surface area contributed by atoms with Gasteiger partial charge in [-0.25, -0.2) is 4.90 Å². The van der Waals surface area contributed by atoms with Crippen LogP contribution in [0.25, 0.3) is 5.57 Å². The summed E-state index contributed by atoms with van der Waals surface area (Å²) in [5.41, 5.74) is 4.13. The van der Waals surface area contributed by atoms with E-state index in [0.29, 0.717) is 42.4 Å². The summed E-state index contributed by atoms with van der Waals surface area (Å²) in [5, 5.41) is 9.73. The van der Waals surface area contributed by atoms with Crippen molar-refractivity contribution in [1.29, 1.82) is 0 Å². The molecule has 4 rings (SSSR count). The minimum absolute atomic E-state index is 0.0711. The Bertz CT molecular complexity index is 1080. The van der Waals surface area contributed by atoms with E-state index in [4.69, 9.17) is 4.74 Å². The molecule has 0 aliphatic carbocycles. The summed E-state index contributed by atoms with van der Waals surface area (Å²) >= 11 is 0. The number of piperidine rings is 1. The Kier molecular flexibility index (Phi) is 6.33. The number of aliphatic hydroxyl groups excluding tert-OH is 1. The van der Waals surface area contributed by atoms with Gasteiger partial charge in [0, 0.05) is 19.7 Å². The van der Waals surface area contributed by atoms with E-state index in [0.717, 1.165) is 29.5 Å². The van der Waals surface area contributed by atoms with Crippen LogP contribution in [-0.4, -0.2) is 48.1 Å². The molecule has 1 saturated heterocycles. The maximum Gasteiger partial charge on any atom is 0.282 e. The highest BCUT2D eigenvalue weighted by molar-refractivity contribution is 6.45. The molecular weight excluding hydrogens is 404 g/mol. The predicted molar refractivity (Wildman–Crippen MR) is 124 cm³/mol. The molecule has 2 heterocycles. The Morgan fingerprint density at radius 2 is 1.88 bits per heavy atom. The van der Waals surface area contributed by atoms with Gasteiger partial charge in [-0.2, -0.15) is 0 Å². The molecular formula is C26H30N2O4. The molecule has 32 heavy (non-hydrogen) atoms. The van der Waals surface area contributed by atoms with E-state index >= 15 is 0 Å². The zero-order valence-electron chi connectivity index (χ0n) is 18.9. The summed E-state index contributed by atoms with van der Waals surface area (Å²) in [6.07, 6.45) is 1.78. The van der Waals surface area contributed by atoms with E-state index in [-0.39, 0.29) is 24.3 Å². The number of likely N-dealkylation sites (tertiary alicyclic amines) is 1. The van der Waals surface area contributed by atoms with Crippen LogP contribution >= 0.6 is 0 Å². The number of aryl methyl sites for hydroxylation is 2. The quantitative estimate of drug-likeness (QED) is 0.703. The fourth-order valence-corrected chi connectivity index (χ4v) is 4.70. The average Bonchev–Trinajstić information content (AvgIpc) is 3.04. The van der Waals surface area contributed by atoms with Gasteiger partial charge in [0.25, 0.3) is 11.8 Å². The highest BCUT2D eigenvalue weighted by Gasteiger charge is 2.44. The van der Waals surface area contributed by atoms with Gasteiger partial charge in [0.2, 0.25) is 0 Å². The number of anilines is 1. The lowest BCUT2D eigenvalue weighted by molar-refractivity contribution is -0.120. The number of hydrogen-bond donors (Lipinski definition) is 1. The molecule has 1 fully saturated rings. The van der Waals surface area contributed by atoms with Crippen molar-refractivity contribution in [1.82, 2.24) is 4.90 Å². The Morgan fingerprint density at radius 3 is 2.59 bits per heavy atom. The third-order valence-corrected chi connectivity index (χ3v) is 6.21. The fourth-order valence-electron chi connectivity index (χ4n) is 4.70. The normalized spacial score (nSPS) is 19.2. The van der Waals surface area contributed by atoms with Crippen LogP contribution in [0.15, 0.2) is 48.2 Å². The van der Waals surface area contributed by atoms with Crippen molar-refractivity contribution in [3.05, 3.63) is 64.9 Å². The lowest BCUT2D eigenvalue weighted by Gasteiger charge is -2.34. The molecule has 0 spiro atoms. The topological polar surface area (TPSA) is 70.1 Å². The summed E-state index contributed by atoms with van der Waals surface area (Å²) in [4.78, 5) is 30.9. The second kappa shape index (κ2) is 9.17. The fraction of sp³-hybridized carbons (Fsp3) is 0.385. The number of amides is 2. The Balaban J connectivity index is 1.86. The van der Waals surface area contributed by atoms with Crippen molar-refractivity contribution in [2.45, 2.75) is 33.6 Å². The second-order valence-electron chi connectivity index (χ2n) is 8.53. The van der Waals surface area contributed by atoms with Crippen LogP contribution in [0.1, 0.15) is 36.5 Å². The molecule has 1 N–H and O–H groups in total. The maximum absolute atomic E-state index is 13.8. The molecule has 2 aliphatic rings.